The van der Waals surface area contributed by atoms with Crippen molar-refractivity contribution in [3.05, 3.63) is 21.9 Å². The average molecular weight is 279 g/mol. The van der Waals surface area contributed by atoms with Crippen LogP contribution in [0.25, 0.3) is 0 Å². The second kappa shape index (κ2) is 8.73. The minimum Gasteiger partial charge on any atom is -0.395 e. The van der Waals surface area contributed by atoms with Gasteiger partial charge in [0.25, 0.3) is 0 Å². The van der Waals surface area contributed by atoms with E-state index in [0.29, 0.717) is 25.3 Å². The molecule has 0 aliphatic rings. The molecule has 0 radical (unpaired) electrons. The van der Waals surface area contributed by atoms with Gasteiger partial charge in [0.2, 0.25) is 5.91 Å². The summed E-state index contributed by atoms with van der Waals surface area (Å²) in [6, 6.07) is 3.93. The molecule has 0 saturated carbocycles. The molecule has 0 bridgehead atoms. The van der Waals surface area contributed by atoms with Crippen molar-refractivity contribution in [3.63, 3.8) is 0 Å². The zero-order valence-corrected chi connectivity index (χ0v) is 12.3. The molecule has 2 N–H and O–H groups in total. The second-order valence-electron chi connectivity index (χ2n) is 4.54. The lowest BCUT2D eigenvalue weighted by Gasteiger charge is -2.08. The van der Waals surface area contributed by atoms with Gasteiger partial charge in [-0.05, 0) is 18.1 Å². The van der Waals surface area contributed by atoms with Crippen LogP contribution in [-0.2, 0) is 11.3 Å². The Balaban J connectivity index is 2.38. The molecule has 0 aromatic carbocycles. The van der Waals surface area contributed by atoms with Crippen LogP contribution < -0.4 is 5.32 Å². The van der Waals surface area contributed by atoms with Gasteiger partial charge >= 0.3 is 0 Å². The number of aliphatic hydroxyl groups excluding tert-OH is 1. The molecular weight excluding hydrogens is 258 g/mol. The third kappa shape index (κ3) is 6.42. The molecule has 1 amide bonds. The minimum absolute atomic E-state index is 0.0941. The number of hydrogen-bond acceptors (Lipinski definition) is 3. The normalized spacial score (nSPS) is 11.5. The predicted molar refractivity (Wildman–Crippen MR) is 78.8 cm³/mol. The first-order valence-electron chi connectivity index (χ1n) is 6.60. The molecular formula is C15H21NO2S. The SMILES string of the molecule is CCC(C)CC(=O)NCc1ccc(C#CCCO)s1. The second-order valence-corrected chi connectivity index (χ2v) is 5.70. The molecule has 1 atom stereocenters. The lowest BCUT2D eigenvalue weighted by atomic mass is 10.1. The van der Waals surface area contributed by atoms with E-state index in [1.807, 2.05) is 12.1 Å². The van der Waals surface area contributed by atoms with Gasteiger partial charge in [0, 0.05) is 17.7 Å². The van der Waals surface area contributed by atoms with Crippen LogP contribution in [0.1, 0.15) is 42.9 Å². The van der Waals surface area contributed by atoms with E-state index < -0.39 is 0 Å². The number of carbonyl (C=O) groups excluding carboxylic acids is 1. The first kappa shape index (κ1) is 15.7. The van der Waals surface area contributed by atoms with Gasteiger partial charge in [-0.1, -0.05) is 32.1 Å². The number of aliphatic hydroxyl groups is 1. The number of rotatable bonds is 6. The lowest BCUT2D eigenvalue weighted by Crippen LogP contribution is -2.23. The van der Waals surface area contributed by atoms with Gasteiger partial charge in [0.05, 0.1) is 18.0 Å². The van der Waals surface area contributed by atoms with Gasteiger partial charge in [-0.25, -0.2) is 0 Å². The van der Waals surface area contributed by atoms with Crippen LogP contribution in [0.15, 0.2) is 12.1 Å². The molecule has 1 heterocycles. The molecule has 1 unspecified atom stereocenters. The molecule has 104 valence electrons. The molecule has 0 aliphatic heterocycles. The van der Waals surface area contributed by atoms with Crippen LogP contribution in [0.4, 0.5) is 0 Å². The first-order valence-corrected chi connectivity index (χ1v) is 7.42. The zero-order valence-electron chi connectivity index (χ0n) is 11.5. The fraction of sp³-hybridized carbons (Fsp3) is 0.533. The van der Waals surface area contributed by atoms with Crippen molar-refractivity contribution in [2.75, 3.05) is 6.61 Å². The monoisotopic (exact) mass is 279 g/mol. The van der Waals surface area contributed by atoms with Crippen molar-refractivity contribution >= 4 is 17.2 Å². The summed E-state index contributed by atoms with van der Waals surface area (Å²) in [5.74, 6) is 6.42. The van der Waals surface area contributed by atoms with E-state index in [0.717, 1.165) is 16.2 Å². The Morgan fingerprint density at radius 2 is 2.32 bits per heavy atom. The molecule has 0 fully saturated rings. The van der Waals surface area contributed by atoms with E-state index in [2.05, 4.69) is 31.0 Å². The summed E-state index contributed by atoms with van der Waals surface area (Å²) in [7, 11) is 0. The van der Waals surface area contributed by atoms with Crippen LogP contribution in [0.5, 0.6) is 0 Å². The van der Waals surface area contributed by atoms with Gasteiger partial charge in [-0.15, -0.1) is 11.3 Å². The highest BCUT2D eigenvalue weighted by Gasteiger charge is 2.07. The Morgan fingerprint density at radius 3 is 3.00 bits per heavy atom. The van der Waals surface area contributed by atoms with Gasteiger partial charge in [0.1, 0.15) is 0 Å². The third-order valence-corrected chi connectivity index (χ3v) is 3.80. The molecule has 1 aromatic heterocycles. The Bertz CT molecular complexity index is 456. The van der Waals surface area contributed by atoms with E-state index in [1.165, 1.54) is 0 Å². The average Bonchev–Trinajstić information content (AvgIpc) is 2.84. The molecule has 0 aliphatic carbocycles. The Labute approximate surface area is 119 Å². The van der Waals surface area contributed by atoms with Gasteiger partial charge < -0.3 is 10.4 Å². The fourth-order valence-corrected chi connectivity index (χ4v) is 2.29. The summed E-state index contributed by atoms with van der Waals surface area (Å²) in [5.41, 5.74) is 0. The van der Waals surface area contributed by atoms with E-state index in [4.69, 9.17) is 5.11 Å². The van der Waals surface area contributed by atoms with Gasteiger partial charge in [-0.3, -0.25) is 4.79 Å². The van der Waals surface area contributed by atoms with Crippen LogP contribution in [-0.4, -0.2) is 17.6 Å². The summed E-state index contributed by atoms with van der Waals surface area (Å²) < 4.78 is 0. The summed E-state index contributed by atoms with van der Waals surface area (Å²) in [6.07, 6.45) is 2.11. The highest BCUT2D eigenvalue weighted by atomic mass is 32.1. The number of carbonyl (C=O) groups is 1. The summed E-state index contributed by atoms with van der Waals surface area (Å²) >= 11 is 1.58. The molecule has 4 heteroatoms. The molecule has 1 rings (SSSR count). The van der Waals surface area contributed by atoms with Crippen molar-refractivity contribution < 1.29 is 9.90 Å². The number of nitrogens with one attached hydrogen (secondary N) is 1. The molecule has 3 nitrogen and oxygen atoms in total. The van der Waals surface area contributed by atoms with E-state index in [-0.39, 0.29) is 12.5 Å². The van der Waals surface area contributed by atoms with E-state index in [1.54, 1.807) is 11.3 Å². The van der Waals surface area contributed by atoms with Crippen molar-refractivity contribution in [1.82, 2.24) is 5.32 Å². The number of amides is 1. The highest BCUT2D eigenvalue weighted by Crippen LogP contribution is 2.15. The maximum Gasteiger partial charge on any atom is 0.220 e. The molecule has 19 heavy (non-hydrogen) atoms. The van der Waals surface area contributed by atoms with Crippen molar-refractivity contribution in [2.24, 2.45) is 5.92 Å². The van der Waals surface area contributed by atoms with Gasteiger partial charge in [-0.2, -0.15) is 0 Å². The van der Waals surface area contributed by atoms with Crippen LogP contribution >= 0.6 is 11.3 Å². The van der Waals surface area contributed by atoms with E-state index in [9.17, 15) is 4.79 Å². The van der Waals surface area contributed by atoms with Crippen LogP contribution in [0.2, 0.25) is 0 Å². The van der Waals surface area contributed by atoms with Crippen molar-refractivity contribution in [2.45, 2.75) is 39.7 Å². The summed E-state index contributed by atoms with van der Waals surface area (Å²) in [6.45, 7) is 4.84. The van der Waals surface area contributed by atoms with Crippen molar-refractivity contribution in [1.29, 1.82) is 0 Å². The fourth-order valence-electron chi connectivity index (χ4n) is 1.46. The molecule has 0 saturated heterocycles. The Hall–Kier alpha value is -1.31. The smallest absolute Gasteiger partial charge is 0.220 e. The first-order chi connectivity index (χ1) is 9.15. The summed E-state index contributed by atoms with van der Waals surface area (Å²) in [5, 5.41) is 11.6. The highest BCUT2D eigenvalue weighted by molar-refractivity contribution is 7.12. The molecule has 0 spiro atoms. The quantitative estimate of drug-likeness (QED) is 0.786. The third-order valence-electron chi connectivity index (χ3n) is 2.80. The standard InChI is InChI=1S/C15H21NO2S/c1-3-12(2)10-15(18)16-11-14-8-7-13(19-14)6-4-5-9-17/h7-8,12,17H,3,5,9-11H2,1-2H3,(H,16,18). The zero-order chi connectivity index (χ0) is 14.1. The number of thiophene rings is 1. The van der Waals surface area contributed by atoms with Crippen LogP contribution in [0, 0.1) is 17.8 Å². The van der Waals surface area contributed by atoms with E-state index >= 15 is 0 Å². The van der Waals surface area contributed by atoms with Crippen molar-refractivity contribution in [3.8, 4) is 11.8 Å². The lowest BCUT2D eigenvalue weighted by molar-refractivity contribution is -0.122. The minimum atomic E-state index is 0.0941. The molecule has 1 aromatic rings. The topological polar surface area (TPSA) is 49.3 Å². The predicted octanol–water partition coefficient (Wildman–Crippen LogP) is 2.53. The Morgan fingerprint density at radius 1 is 1.53 bits per heavy atom. The maximum atomic E-state index is 11.6. The van der Waals surface area contributed by atoms with Crippen LogP contribution in [0.3, 0.4) is 0 Å². The summed E-state index contributed by atoms with van der Waals surface area (Å²) in [4.78, 5) is 13.7. The van der Waals surface area contributed by atoms with Gasteiger partial charge in [0.15, 0.2) is 0 Å². The largest absolute Gasteiger partial charge is 0.395 e. The Kier molecular flexibility index (Phi) is 7.24. The maximum absolute atomic E-state index is 11.6. The number of hydrogen-bond donors (Lipinski definition) is 2.